The average Bonchev–Trinajstić information content (AvgIpc) is 2.88. The zero-order valence-corrected chi connectivity index (χ0v) is 28.2. The van der Waals surface area contributed by atoms with E-state index < -0.39 is 0 Å². The minimum atomic E-state index is 0.312. The van der Waals surface area contributed by atoms with Crippen LogP contribution in [0.1, 0.15) is 222 Å². The molecule has 0 saturated carbocycles. The number of hydrogen-bond donors (Lipinski definition) is 0. The molecule has 1 heteroatoms. The van der Waals surface area contributed by atoms with E-state index in [4.69, 9.17) is 0 Å². The summed E-state index contributed by atoms with van der Waals surface area (Å²) in [4.78, 5) is 2.96. The van der Waals surface area contributed by atoms with Gasteiger partial charge in [0.25, 0.3) is 0 Å². The number of hydrogen-bond acceptors (Lipinski definition) is 1. The van der Waals surface area contributed by atoms with Crippen LogP contribution >= 0.6 is 0 Å². The Morgan fingerprint density at radius 2 is 0.553 bits per heavy atom. The van der Waals surface area contributed by atoms with E-state index >= 15 is 0 Å². The van der Waals surface area contributed by atoms with Gasteiger partial charge in [-0.25, -0.2) is 0 Å². The van der Waals surface area contributed by atoms with Gasteiger partial charge in [0.05, 0.1) is 0 Å². The molecule has 0 spiro atoms. The molecule has 0 amide bonds. The lowest BCUT2D eigenvalue weighted by Gasteiger charge is -2.49. The summed E-state index contributed by atoms with van der Waals surface area (Å²) < 4.78 is 0. The van der Waals surface area contributed by atoms with Gasteiger partial charge in [0.15, 0.2) is 0 Å². The van der Waals surface area contributed by atoms with Crippen LogP contribution in [0.15, 0.2) is 0 Å². The molecule has 0 bridgehead atoms. The Morgan fingerprint density at radius 1 is 0.316 bits per heavy atom. The molecule has 0 aliphatic rings. The average molecular weight is 536 g/mol. The Labute approximate surface area is 244 Å². The summed E-state index contributed by atoms with van der Waals surface area (Å²) in [6.45, 7) is 18.5. The second-order valence-corrected chi connectivity index (χ2v) is 14.1. The second-order valence-electron chi connectivity index (χ2n) is 14.1. The third-order valence-electron chi connectivity index (χ3n) is 9.23. The summed E-state index contributed by atoms with van der Waals surface area (Å²) in [5.74, 6) is 0. The molecule has 0 fully saturated rings. The van der Waals surface area contributed by atoms with Crippen molar-refractivity contribution >= 4 is 0 Å². The minimum absolute atomic E-state index is 0.312. The van der Waals surface area contributed by atoms with Crippen molar-refractivity contribution in [1.82, 2.24) is 4.90 Å². The molecule has 0 rings (SSSR count). The van der Waals surface area contributed by atoms with Crippen molar-refractivity contribution in [3.8, 4) is 0 Å². The van der Waals surface area contributed by atoms with Gasteiger partial charge in [-0.2, -0.15) is 0 Å². The molecule has 0 radical (unpaired) electrons. The summed E-state index contributed by atoms with van der Waals surface area (Å²) >= 11 is 0. The zero-order valence-electron chi connectivity index (χ0n) is 28.2. The molecule has 0 aromatic carbocycles. The largest absolute Gasteiger partial charge is 0.293 e. The molecule has 0 N–H and O–H groups in total. The van der Waals surface area contributed by atoms with E-state index in [9.17, 15) is 0 Å². The Morgan fingerprint density at radius 3 is 0.842 bits per heavy atom. The highest BCUT2D eigenvalue weighted by Gasteiger charge is 2.36. The highest BCUT2D eigenvalue weighted by molar-refractivity contribution is 4.92. The van der Waals surface area contributed by atoms with E-state index in [1.54, 1.807) is 0 Å². The predicted molar refractivity (Wildman–Crippen MR) is 177 cm³/mol. The standard InChI is InChI=1S/C37H77N/c1-8-11-14-17-20-23-26-29-32-35-38(36(4,5)33-30-27-24-21-18-15-12-9-2)37(6,7)34-31-28-25-22-19-16-13-10-3/h8-35H2,1-7H3. The van der Waals surface area contributed by atoms with Crippen molar-refractivity contribution < 1.29 is 0 Å². The number of rotatable bonds is 30. The summed E-state index contributed by atoms with van der Waals surface area (Å²) in [6, 6.07) is 0. The van der Waals surface area contributed by atoms with Crippen LogP contribution in [0.25, 0.3) is 0 Å². The van der Waals surface area contributed by atoms with Gasteiger partial charge < -0.3 is 0 Å². The molecular formula is C37H77N. The molecule has 38 heavy (non-hydrogen) atoms. The maximum Gasteiger partial charge on any atom is 0.0158 e. The fourth-order valence-electron chi connectivity index (χ4n) is 6.66. The van der Waals surface area contributed by atoms with Gasteiger partial charge in [0.1, 0.15) is 0 Å². The van der Waals surface area contributed by atoms with Gasteiger partial charge in [-0.3, -0.25) is 4.90 Å². The monoisotopic (exact) mass is 536 g/mol. The third-order valence-corrected chi connectivity index (χ3v) is 9.23. The third kappa shape index (κ3) is 21.7. The molecule has 0 aromatic heterocycles. The molecule has 0 heterocycles. The summed E-state index contributed by atoms with van der Waals surface area (Å²) in [5.41, 5.74) is 0.623. The SMILES string of the molecule is CCCCCCCCCCCN(C(C)(C)CCCCCCCCCC)C(C)(C)CCCCCCCCCC. The van der Waals surface area contributed by atoms with Gasteiger partial charge in [0.2, 0.25) is 0 Å². The van der Waals surface area contributed by atoms with Gasteiger partial charge in [-0.15, -0.1) is 0 Å². The summed E-state index contributed by atoms with van der Waals surface area (Å²) in [7, 11) is 0. The first-order valence-corrected chi connectivity index (χ1v) is 18.1. The van der Waals surface area contributed by atoms with Crippen LogP contribution in [0.4, 0.5) is 0 Å². The van der Waals surface area contributed by atoms with Crippen LogP contribution in [0, 0.1) is 0 Å². The van der Waals surface area contributed by atoms with Crippen LogP contribution < -0.4 is 0 Å². The second kappa shape index (κ2) is 25.9. The maximum absolute atomic E-state index is 2.96. The lowest BCUT2D eigenvalue weighted by atomic mass is 9.85. The first kappa shape index (κ1) is 38.0. The van der Waals surface area contributed by atoms with Gasteiger partial charge in [-0.05, 0) is 53.5 Å². The fraction of sp³-hybridized carbons (Fsp3) is 1.00. The zero-order chi connectivity index (χ0) is 28.4. The van der Waals surface area contributed by atoms with Crippen LogP contribution in [-0.2, 0) is 0 Å². The quantitative estimate of drug-likeness (QED) is 0.0826. The first-order chi connectivity index (χ1) is 18.3. The lowest BCUT2D eigenvalue weighted by molar-refractivity contribution is 0.00151. The van der Waals surface area contributed by atoms with E-state index in [2.05, 4.69) is 53.4 Å². The van der Waals surface area contributed by atoms with Crippen LogP contribution in [-0.4, -0.2) is 22.5 Å². The molecule has 0 saturated heterocycles. The van der Waals surface area contributed by atoms with E-state index in [0.29, 0.717) is 11.1 Å². The minimum Gasteiger partial charge on any atom is -0.293 e. The van der Waals surface area contributed by atoms with Gasteiger partial charge in [0, 0.05) is 11.1 Å². The van der Waals surface area contributed by atoms with E-state index in [1.165, 1.54) is 180 Å². The Kier molecular flexibility index (Phi) is 25.9. The topological polar surface area (TPSA) is 3.24 Å². The molecule has 1 nitrogen and oxygen atoms in total. The van der Waals surface area contributed by atoms with E-state index in [0.717, 1.165) is 0 Å². The Balaban J connectivity index is 4.62. The van der Waals surface area contributed by atoms with Crippen LogP contribution in [0.3, 0.4) is 0 Å². The molecular weight excluding hydrogens is 458 g/mol. The smallest absolute Gasteiger partial charge is 0.0158 e. The van der Waals surface area contributed by atoms with E-state index in [1.807, 2.05) is 0 Å². The van der Waals surface area contributed by atoms with Crippen molar-refractivity contribution in [1.29, 1.82) is 0 Å². The maximum atomic E-state index is 2.96. The first-order valence-electron chi connectivity index (χ1n) is 18.1. The Bertz CT molecular complexity index is 433. The molecule has 0 atom stereocenters. The van der Waals surface area contributed by atoms with Crippen molar-refractivity contribution in [3.05, 3.63) is 0 Å². The van der Waals surface area contributed by atoms with E-state index in [-0.39, 0.29) is 0 Å². The van der Waals surface area contributed by atoms with Crippen molar-refractivity contribution in [2.45, 2.75) is 233 Å². The Hall–Kier alpha value is -0.0400. The summed E-state index contributed by atoms with van der Waals surface area (Å²) in [6.07, 6.45) is 38.4. The van der Waals surface area contributed by atoms with Crippen LogP contribution in [0.2, 0.25) is 0 Å². The normalized spacial score (nSPS) is 12.6. The van der Waals surface area contributed by atoms with Crippen molar-refractivity contribution in [2.75, 3.05) is 6.54 Å². The van der Waals surface area contributed by atoms with Gasteiger partial charge in [-0.1, -0.05) is 175 Å². The van der Waals surface area contributed by atoms with Crippen molar-refractivity contribution in [3.63, 3.8) is 0 Å². The highest BCUT2D eigenvalue weighted by atomic mass is 15.2. The molecule has 0 aromatic rings. The molecule has 230 valence electrons. The predicted octanol–water partition coefficient (Wildman–Crippen LogP) is 13.4. The molecule has 0 aliphatic carbocycles. The summed E-state index contributed by atoms with van der Waals surface area (Å²) in [5, 5.41) is 0. The number of unbranched alkanes of at least 4 members (excludes halogenated alkanes) is 22. The van der Waals surface area contributed by atoms with Gasteiger partial charge >= 0.3 is 0 Å². The van der Waals surface area contributed by atoms with Crippen LogP contribution in [0.5, 0.6) is 0 Å². The molecule has 0 unspecified atom stereocenters. The fourth-order valence-corrected chi connectivity index (χ4v) is 6.66. The lowest BCUT2D eigenvalue weighted by Crippen LogP contribution is -2.55. The molecule has 0 aliphatic heterocycles. The number of nitrogens with zero attached hydrogens (tertiary/aromatic N) is 1. The highest BCUT2D eigenvalue weighted by Crippen LogP contribution is 2.34. The van der Waals surface area contributed by atoms with Crippen molar-refractivity contribution in [2.24, 2.45) is 0 Å².